The summed E-state index contributed by atoms with van der Waals surface area (Å²) in [6.07, 6.45) is 7.06. The molecule has 1 N–H and O–H groups in total. The summed E-state index contributed by atoms with van der Waals surface area (Å²) in [5.74, 6) is 2.75. The van der Waals surface area contributed by atoms with Crippen LogP contribution < -0.4 is 9.64 Å². The fourth-order valence-electron chi connectivity index (χ4n) is 5.04. The molecule has 1 saturated carbocycles. The summed E-state index contributed by atoms with van der Waals surface area (Å²) >= 11 is 1.73. The Kier molecular flexibility index (Phi) is 5.53. The summed E-state index contributed by atoms with van der Waals surface area (Å²) < 4.78 is 5.31. The first-order valence-corrected chi connectivity index (χ1v) is 12.8. The zero-order valence-corrected chi connectivity index (χ0v) is 20.1. The van der Waals surface area contributed by atoms with Gasteiger partial charge >= 0.3 is 0 Å². The number of benzene rings is 1. The summed E-state index contributed by atoms with van der Waals surface area (Å²) in [5.41, 5.74) is 3.20. The number of ether oxygens (including phenoxy) is 1. The Hall–Kier alpha value is -2.91. The molecule has 1 atom stereocenters. The molecule has 2 aliphatic heterocycles. The van der Waals surface area contributed by atoms with Crippen LogP contribution in [0.25, 0.3) is 0 Å². The van der Waals surface area contributed by atoms with E-state index in [2.05, 4.69) is 20.1 Å². The number of likely N-dealkylation sites (tertiary alicyclic amines) is 1. The van der Waals surface area contributed by atoms with Gasteiger partial charge in [0.15, 0.2) is 5.16 Å². The van der Waals surface area contributed by atoms with Crippen LogP contribution in [0.3, 0.4) is 0 Å². The van der Waals surface area contributed by atoms with E-state index < -0.39 is 5.41 Å². The van der Waals surface area contributed by atoms with Crippen LogP contribution >= 0.6 is 11.8 Å². The van der Waals surface area contributed by atoms with Gasteiger partial charge < -0.3 is 9.64 Å². The number of rotatable bonds is 7. The zero-order chi connectivity index (χ0) is 23.1. The Bertz CT molecular complexity index is 1180. The normalized spacial score (nSPS) is 22.4. The highest BCUT2D eigenvalue weighted by Gasteiger charge is 2.53. The van der Waals surface area contributed by atoms with Crippen LogP contribution in [0, 0.1) is 5.92 Å². The molecule has 2 fully saturated rings. The number of amides is 1. The number of H-pyrrole nitrogens is 1. The maximum Gasteiger partial charge on any atom is 0.240 e. The van der Waals surface area contributed by atoms with Gasteiger partial charge in [0.2, 0.25) is 5.91 Å². The van der Waals surface area contributed by atoms with Gasteiger partial charge in [-0.15, -0.1) is 0 Å². The van der Waals surface area contributed by atoms with E-state index in [1.165, 1.54) is 12.8 Å². The third-order valence-electron chi connectivity index (χ3n) is 7.11. The lowest BCUT2D eigenvalue weighted by Gasteiger charge is -2.40. The van der Waals surface area contributed by atoms with Gasteiger partial charge in [0, 0.05) is 54.7 Å². The van der Waals surface area contributed by atoms with Gasteiger partial charge in [-0.3, -0.25) is 14.8 Å². The van der Waals surface area contributed by atoms with Crippen molar-refractivity contribution < 1.29 is 9.53 Å². The van der Waals surface area contributed by atoms with E-state index in [0.717, 1.165) is 64.7 Å². The number of hydrogen-bond acceptors (Lipinski definition) is 7. The summed E-state index contributed by atoms with van der Waals surface area (Å²) in [4.78, 5) is 28.1. The number of aromatic amines is 1. The van der Waals surface area contributed by atoms with Crippen LogP contribution in [0.5, 0.6) is 5.75 Å². The molecule has 1 spiro atoms. The van der Waals surface area contributed by atoms with Crippen LogP contribution in [0.1, 0.15) is 36.2 Å². The number of nitrogens with zero attached hydrogens (tertiary/aromatic N) is 5. The Labute approximate surface area is 203 Å². The average Bonchev–Trinajstić information content (AvgIpc) is 3.38. The molecule has 0 bridgehead atoms. The molecule has 3 aliphatic rings. The maximum atomic E-state index is 14.2. The van der Waals surface area contributed by atoms with E-state index in [-0.39, 0.29) is 5.91 Å². The summed E-state index contributed by atoms with van der Waals surface area (Å²) in [5, 5.41) is 7.92. The minimum atomic E-state index is -0.675. The average molecular weight is 477 g/mol. The van der Waals surface area contributed by atoms with E-state index in [0.29, 0.717) is 13.1 Å². The molecule has 8 nitrogen and oxygen atoms in total. The zero-order valence-electron chi connectivity index (χ0n) is 19.2. The molecule has 176 valence electrons. The predicted octanol–water partition coefficient (Wildman–Crippen LogP) is 3.40. The minimum Gasteiger partial charge on any atom is -0.497 e. The van der Waals surface area contributed by atoms with E-state index >= 15 is 0 Å². The van der Waals surface area contributed by atoms with Crippen molar-refractivity contribution >= 4 is 23.4 Å². The molecule has 2 aromatic heterocycles. The summed E-state index contributed by atoms with van der Waals surface area (Å²) in [7, 11) is 1.65. The lowest BCUT2D eigenvalue weighted by molar-refractivity contribution is -0.124. The molecule has 1 aliphatic carbocycles. The molecule has 1 aromatic carbocycles. The minimum absolute atomic E-state index is 0.120. The third-order valence-corrected chi connectivity index (χ3v) is 8.20. The number of fused-ring (bicyclic) bond motifs is 2. The van der Waals surface area contributed by atoms with Gasteiger partial charge in [0.05, 0.1) is 19.3 Å². The molecular weight excluding hydrogens is 448 g/mol. The first kappa shape index (κ1) is 21.6. The number of carbonyl (C=O) groups excluding carboxylic acids is 1. The van der Waals surface area contributed by atoms with Gasteiger partial charge in [0.1, 0.15) is 11.2 Å². The fraction of sp³-hybridized carbons (Fsp3) is 0.440. The van der Waals surface area contributed by atoms with E-state index in [4.69, 9.17) is 9.72 Å². The maximum absolute atomic E-state index is 14.2. The van der Waals surface area contributed by atoms with Crippen LogP contribution in [0.15, 0.2) is 47.9 Å². The number of carbonyl (C=O) groups is 1. The smallest absolute Gasteiger partial charge is 0.240 e. The van der Waals surface area contributed by atoms with Crippen molar-refractivity contribution in [3.8, 4) is 5.75 Å². The van der Waals surface area contributed by atoms with Crippen molar-refractivity contribution in [1.29, 1.82) is 0 Å². The number of anilines is 1. The van der Waals surface area contributed by atoms with Gasteiger partial charge in [0.25, 0.3) is 0 Å². The van der Waals surface area contributed by atoms with E-state index in [1.807, 2.05) is 41.4 Å². The summed E-state index contributed by atoms with van der Waals surface area (Å²) in [6.45, 7) is 2.68. The molecule has 1 amide bonds. The van der Waals surface area contributed by atoms with Crippen molar-refractivity contribution in [2.24, 2.45) is 5.92 Å². The van der Waals surface area contributed by atoms with Crippen molar-refractivity contribution in [1.82, 2.24) is 25.1 Å². The van der Waals surface area contributed by atoms with Gasteiger partial charge in [-0.2, -0.15) is 5.10 Å². The largest absolute Gasteiger partial charge is 0.497 e. The Balaban J connectivity index is 1.35. The van der Waals surface area contributed by atoms with Crippen LogP contribution in [0.4, 0.5) is 5.69 Å². The van der Waals surface area contributed by atoms with Crippen LogP contribution in [-0.4, -0.2) is 56.9 Å². The van der Waals surface area contributed by atoms with Crippen molar-refractivity contribution in [2.75, 3.05) is 30.9 Å². The lowest BCUT2D eigenvalue weighted by atomic mass is 9.77. The number of hydrogen-bond donors (Lipinski definition) is 1. The third kappa shape index (κ3) is 3.96. The van der Waals surface area contributed by atoms with Crippen LogP contribution in [0.2, 0.25) is 0 Å². The molecule has 1 saturated heterocycles. The molecule has 1 unspecified atom stereocenters. The molecule has 34 heavy (non-hydrogen) atoms. The van der Waals surface area contributed by atoms with Crippen LogP contribution in [-0.2, 0) is 23.3 Å². The second-order valence-corrected chi connectivity index (χ2v) is 10.5. The second-order valence-electron chi connectivity index (χ2n) is 9.49. The van der Waals surface area contributed by atoms with Gasteiger partial charge in [-0.25, -0.2) is 9.97 Å². The monoisotopic (exact) mass is 476 g/mol. The Morgan fingerprint density at radius 2 is 2.09 bits per heavy atom. The van der Waals surface area contributed by atoms with Crippen molar-refractivity contribution in [3.05, 3.63) is 59.7 Å². The molecular formula is C25H28N6O2S. The highest BCUT2D eigenvalue weighted by Crippen LogP contribution is 2.43. The Morgan fingerprint density at radius 1 is 1.24 bits per heavy atom. The SMILES string of the molecule is COc1ccc(N2Cc3cnc(SCC4CC4)nc3C3(CCN(Cc4ccn[nH]4)C3)C2=O)cc1. The Morgan fingerprint density at radius 3 is 2.82 bits per heavy atom. The topological polar surface area (TPSA) is 87.2 Å². The van der Waals surface area contributed by atoms with E-state index in [1.54, 1.807) is 25.1 Å². The first-order valence-electron chi connectivity index (χ1n) is 11.8. The fourth-order valence-corrected chi connectivity index (χ4v) is 6.05. The molecule has 3 aromatic rings. The lowest BCUT2D eigenvalue weighted by Crippen LogP contribution is -2.53. The quantitative estimate of drug-likeness (QED) is 0.413. The van der Waals surface area contributed by atoms with E-state index in [9.17, 15) is 4.79 Å². The first-order chi connectivity index (χ1) is 16.6. The molecule has 9 heteroatoms. The number of thioether (sulfide) groups is 1. The summed E-state index contributed by atoms with van der Waals surface area (Å²) in [6, 6.07) is 9.69. The molecule has 6 rings (SSSR count). The highest BCUT2D eigenvalue weighted by molar-refractivity contribution is 7.99. The number of methoxy groups -OCH3 is 1. The van der Waals surface area contributed by atoms with Crippen molar-refractivity contribution in [2.45, 2.75) is 42.9 Å². The number of nitrogens with one attached hydrogen (secondary N) is 1. The van der Waals surface area contributed by atoms with Crippen molar-refractivity contribution in [3.63, 3.8) is 0 Å². The standard InChI is InChI=1S/C25H28N6O2S/c1-33-21-6-4-20(5-7-21)31-13-18-12-26-24(34-15-17-2-3-17)28-22(18)25(23(31)32)9-11-30(16-25)14-19-8-10-27-29-19/h4-8,10,12,17H,2-3,9,11,13-16H2,1H3,(H,27,29). The van der Waals surface area contributed by atoms with Gasteiger partial charge in [-0.1, -0.05) is 11.8 Å². The predicted molar refractivity (Wildman–Crippen MR) is 130 cm³/mol. The second kappa shape index (κ2) is 8.70. The number of aromatic nitrogens is 4. The highest BCUT2D eigenvalue weighted by atomic mass is 32.2. The molecule has 0 radical (unpaired) electrons. The molecule has 4 heterocycles. The van der Waals surface area contributed by atoms with Gasteiger partial charge in [-0.05, 0) is 55.5 Å².